The predicted octanol–water partition coefficient (Wildman–Crippen LogP) is 10.8. The highest BCUT2D eigenvalue weighted by atomic mass is 19.2. The van der Waals surface area contributed by atoms with Crippen LogP contribution in [0.4, 0.5) is 18.9 Å². The van der Waals surface area contributed by atoms with Crippen LogP contribution in [0.2, 0.25) is 0 Å². The van der Waals surface area contributed by atoms with Gasteiger partial charge in [-0.2, -0.15) is 5.26 Å². The molecule has 230 valence electrons. The zero-order chi connectivity index (χ0) is 33.6. The van der Waals surface area contributed by atoms with Crippen LogP contribution in [0.1, 0.15) is 5.56 Å². The number of para-hydroxylation sites is 1. The van der Waals surface area contributed by atoms with E-state index in [2.05, 4.69) is 10.9 Å². The number of nitriles is 1. The lowest BCUT2D eigenvalue weighted by Crippen LogP contribution is -1.99. The average molecular weight is 640 g/mol. The number of pyridine rings is 1. The van der Waals surface area contributed by atoms with Gasteiger partial charge >= 0.3 is 0 Å². The summed E-state index contributed by atoms with van der Waals surface area (Å²) in [4.78, 5) is 19.0. The van der Waals surface area contributed by atoms with Crippen molar-refractivity contribution in [2.24, 2.45) is 0 Å². The summed E-state index contributed by atoms with van der Waals surface area (Å²) in [5.74, 6) is -4.09. The minimum atomic E-state index is -1.53. The maximum Gasteiger partial charge on any atom is 0.194 e. The van der Waals surface area contributed by atoms with Gasteiger partial charge in [-0.3, -0.25) is 0 Å². The lowest BCUT2D eigenvalue weighted by Gasteiger charge is -2.16. The standard InChI is InChI=1S/C41H20F3N5/c1-46-27-16-14-25(15-17-27)38-39(24-12-10-23(22-45)11-13-24)49-41-35(48-38)19-18-31-36(41)30-8-4-5-9-34(30)47-40(31)29-7-3-2-6-28(29)26-20-32(42)37(44)33(43)21-26/h2-21H. The largest absolute Gasteiger partial charge is 0.247 e. The van der Waals surface area contributed by atoms with Crippen molar-refractivity contribution in [2.75, 3.05) is 0 Å². The van der Waals surface area contributed by atoms with Crippen LogP contribution < -0.4 is 0 Å². The molecule has 0 aliphatic heterocycles. The van der Waals surface area contributed by atoms with Crippen LogP contribution in [0, 0.1) is 35.4 Å². The van der Waals surface area contributed by atoms with Gasteiger partial charge in [0.2, 0.25) is 0 Å². The lowest BCUT2D eigenvalue weighted by molar-refractivity contribution is 0.448. The molecule has 0 aliphatic carbocycles. The Morgan fingerprint density at radius 3 is 1.88 bits per heavy atom. The summed E-state index contributed by atoms with van der Waals surface area (Å²) in [6.07, 6.45) is 0. The summed E-state index contributed by atoms with van der Waals surface area (Å²) < 4.78 is 42.8. The van der Waals surface area contributed by atoms with E-state index in [0.717, 1.165) is 39.4 Å². The van der Waals surface area contributed by atoms with Crippen molar-refractivity contribution >= 4 is 38.4 Å². The first-order valence-electron chi connectivity index (χ1n) is 15.2. The van der Waals surface area contributed by atoms with Crippen LogP contribution in [-0.4, -0.2) is 15.0 Å². The summed E-state index contributed by atoms with van der Waals surface area (Å²) >= 11 is 0. The summed E-state index contributed by atoms with van der Waals surface area (Å²) in [5.41, 5.74) is 7.42. The van der Waals surface area contributed by atoms with Crippen molar-refractivity contribution in [3.8, 4) is 51.0 Å². The summed E-state index contributed by atoms with van der Waals surface area (Å²) in [6, 6.07) is 36.9. The molecular weight excluding hydrogens is 619 g/mol. The normalized spacial score (nSPS) is 11.1. The third-order valence-corrected chi connectivity index (χ3v) is 8.53. The maximum absolute atomic E-state index is 14.4. The van der Waals surface area contributed by atoms with E-state index in [1.54, 1.807) is 36.4 Å². The van der Waals surface area contributed by atoms with Crippen LogP contribution in [0.5, 0.6) is 0 Å². The number of fused-ring (bicyclic) bond motifs is 5. The van der Waals surface area contributed by atoms with Crippen LogP contribution in [-0.2, 0) is 0 Å². The number of rotatable bonds is 4. The quantitative estimate of drug-likeness (QED) is 0.109. The van der Waals surface area contributed by atoms with Gasteiger partial charge in [-0.15, -0.1) is 0 Å². The molecule has 2 aromatic heterocycles. The molecule has 0 bridgehead atoms. The molecular formula is C41H20F3N5. The van der Waals surface area contributed by atoms with Gasteiger partial charge in [0.05, 0.1) is 51.8 Å². The minimum Gasteiger partial charge on any atom is -0.247 e. The van der Waals surface area contributed by atoms with Gasteiger partial charge in [0.25, 0.3) is 0 Å². The Morgan fingerprint density at radius 2 is 1.18 bits per heavy atom. The summed E-state index contributed by atoms with van der Waals surface area (Å²) in [5, 5.41) is 11.8. The summed E-state index contributed by atoms with van der Waals surface area (Å²) in [7, 11) is 0. The van der Waals surface area contributed by atoms with Crippen LogP contribution in [0.25, 0.3) is 82.5 Å². The predicted molar refractivity (Wildman–Crippen MR) is 185 cm³/mol. The van der Waals surface area contributed by atoms with E-state index < -0.39 is 17.5 Å². The third kappa shape index (κ3) is 5.00. The van der Waals surface area contributed by atoms with E-state index >= 15 is 0 Å². The second-order valence-corrected chi connectivity index (χ2v) is 11.4. The van der Waals surface area contributed by atoms with Gasteiger partial charge < -0.3 is 0 Å². The second kappa shape index (κ2) is 11.7. The lowest BCUT2D eigenvalue weighted by atomic mass is 9.93. The van der Waals surface area contributed by atoms with Crippen molar-refractivity contribution in [3.05, 3.63) is 156 Å². The number of hydrogen-bond donors (Lipinski definition) is 0. The molecule has 0 N–H and O–H groups in total. The van der Waals surface area contributed by atoms with Gasteiger partial charge in [0.15, 0.2) is 23.1 Å². The first kappa shape index (κ1) is 29.5. The molecule has 0 atom stereocenters. The van der Waals surface area contributed by atoms with Crippen LogP contribution in [0.15, 0.2) is 121 Å². The smallest absolute Gasteiger partial charge is 0.194 e. The van der Waals surface area contributed by atoms with Crippen LogP contribution in [0.3, 0.4) is 0 Å². The molecule has 0 unspecified atom stereocenters. The fraction of sp³-hybridized carbons (Fsp3) is 0. The molecule has 0 saturated carbocycles. The Morgan fingerprint density at radius 1 is 0.571 bits per heavy atom. The molecule has 0 spiro atoms. The zero-order valence-corrected chi connectivity index (χ0v) is 25.4. The van der Waals surface area contributed by atoms with Gasteiger partial charge in [-0.1, -0.05) is 78.9 Å². The van der Waals surface area contributed by atoms with E-state index in [4.69, 9.17) is 21.5 Å². The minimum absolute atomic E-state index is 0.174. The van der Waals surface area contributed by atoms with E-state index in [1.165, 1.54) is 0 Å². The zero-order valence-electron chi connectivity index (χ0n) is 25.4. The van der Waals surface area contributed by atoms with Crippen molar-refractivity contribution < 1.29 is 13.2 Å². The Kier molecular flexibility index (Phi) is 7.05. The van der Waals surface area contributed by atoms with E-state index in [1.807, 2.05) is 72.8 Å². The van der Waals surface area contributed by atoms with E-state index in [0.29, 0.717) is 56.0 Å². The Hall–Kier alpha value is -6.90. The van der Waals surface area contributed by atoms with E-state index in [9.17, 15) is 18.4 Å². The molecule has 8 rings (SSSR count). The molecule has 0 fully saturated rings. The molecule has 5 nitrogen and oxygen atoms in total. The number of aromatic nitrogens is 3. The van der Waals surface area contributed by atoms with E-state index in [-0.39, 0.29) is 5.56 Å². The average Bonchev–Trinajstić information content (AvgIpc) is 3.15. The van der Waals surface area contributed by atoms with Gasteiger partial charge in [0.1, 0.15) is 0 Å². The molecule has 8 aromatic rings. The SMILES string of the molecule is [C-]#[N+]c1ccc(-c2nc3ccc4c(-c5ccccc5-c5cc(F)c(F)c(F)c5)nc5ccccc5c4c3nc2-c2ccc(C#N)cc2)cc1. The molecule has 2 heterocycles. The number of halogens is 3. The van der Waals surface area contributed by atoms with Crippen molar-refractivity contribution in [1.82, 2.24) is 15.0 Å². The number of nitrogens with zero attached hydrogens (tertiary/aromatic N) is 5. The monoisotopic (exact) mass is 639 g/mol. The molecule has 0 radical (unpaired) electrons. The summed E-state index contributed by atoms with van der Waals surface area (Å²) in [6.45, 7) is 7.37. The highest BCUT2D eigenvalue weighted by Gasteiger charge is 2.21. The topological polar surface area (TPSA) is 66.8 Å². The van der Waals surface area contributed by atoms with Crippen molar-refractivity contribution in [1.29, 1.82) is 5.26 Å². The maximum atomic E-state index is 14.4. The number of hydrogen-bond acceptors (Lipinski definition) is 4. The van der Waals surface area contributed by atoms with Crippen LogP contribution >= 0.6 is 0 Å². The Balaban J connectivity index is 1.46. The highest BCUT2D eigenvalue weighted by molar-refractivity contribution is 6.21. The molecule has 49 heavy (non-hydrogen) atoms. The van der Waals surface area contributed by atoms with Crippen molar-refractivity contribution in [3.63, 3.8) is 0 Å². The number of benzene rings is 6. The Labute approximate surface area is 278 Å². The van der Waals surface area contributed by atoms with Gasteiger partial charge in [-0.25, -0.2) is 33.0 Å². The third-order valence-electron chi connectivity index (χ3n) is 8.53. The molecule has 0 saturated heterocycles. The fourth-order valence-electron chi connectivity index (χ4n) is 6.21. The fourth-order valence-corrected chi connectivity index (χ4v) is 6.21. The van der Waals surface area contributed by atoms with Gasteiger partial charge in [-0.05, 0) is 59.2 Å². The highest BCUT2D eigenvalue weighted by Crippen LogP contribution is 2.41. The molecule has 0 amide bonds. The molecule has 0 aliphatic rings. The Bertz CT molecular complexity index is 2690. The first-order chi connectivity index (χ1) is 23.9. The molecule has 6 aromatic carbocycles. The van der Waals surface area contributed by atoms with Gasteiger partial charge in [0, 0.05) is 27.3 Å². The van der Waals surface area contributed by atoms with Crippen molar-refractivity contribution in [2.45, 2.75) is 0 Å². The molecule has 8 heteroatoms. The first-order valence-corrected chi connectivity index (χ1v) is 15.2. The second-order valence-electron chi connectivity index (χ2n) is 11.4.